The lowest BCUT2D eigenvalue weighted by molar-refractivity contribution is -0.161. The van der Waals surface area contributed by atoms with Gasteiger partial charge in [0.05, 0.1) is 13.2 Å². The van der Waals surface area contributed by atoms with Crippen molar-refractivity contribution in [2.75, 3.05) is 26.4 Å². The summed E-state index contributed by atoms with van der Waals surface area (Å²) in [5, 5.41) is 0. The van der Waals surface area contributed by atoms with Gasteiger partial charge in [-0.1, -0.05) is 166 Å². The van der Waals surface area contributed by atoms with Gasteiger partial charge in [0.25, 0.3) is 0 Å². The van der Waals surface area contributed by atoms with Crippen molar-refractivity contribution in [1.82, 2.24) is 0 Å². The van der Waals surface area contributed by atoms with Crippen molar-refractivity contribution in [2.45, 2.75) is 148 Å². The fraction of sp³-hybridized carbons (Fsp3) is 0.509. The van der Waals surface area contributed by atoms with Gasteiger partial charge >= 0.3 is 19.8 Å². The summed E-state index contributed by atoms with van der Waals surface area (Å²) in [4.78, 5) is 34.9. The Morgan fingerprint density at radius 1 is 0.476 bits per heavy atom. The number of carbonyl (C=O) groups is 2. The van der Waals surface area contributed by atoms with Gasteiger partial charge in [0, 0.05) is 19.4 Å². The zero-order valence-corrected chi connectivity index (χ0v) is 39.6. The fourth-order valence-electron chi connectivity index (χ4n) is 5.35. The first-order chi connectivity index (χ1) is 30.8. The average Bonchev–Trinajstić information content (AvgIpc) is 3.27. The Labute approximate surface area is 382 Å². The molecule has 0 radical (unpaired) electrons. The van der Waals surface area contributed by atoms with E-state index in [1.165, 1.54) is 0 Å². The molecule has 0 aromatic carbocycles. The number of nitrogens with two attached hydrogens (primary N) is 1. The van der Waals surface area contributed by atoms with Crippen LogP contribution in [0.15, 0.2) is 146 Å². The van der Waals surface area contributed by atoms with Gasteiger partial charge in [-0.25, -0.2) is 4.57 Å². The van der Waals surface area contributed by atoms with Crippen molar-refractivity contribution < 1.29 is 37.6 Å². The van der Waals surface area contributed by atoms with Crippen LogP contribution in [-0.2, 0) is 32.7 Å². The maximum atomic E-state index is 12.6. The number of unbranched alkanes of at least 4 members (excludes halogenated alkanes) is 4. The lowest BCUT2D eigenvalue weighted by Crippen LogP contribution is -2.29. The largest absolute Gasteiger partial charge is 0.472 e. The van der Waals surface area contributed by atoms with Gasteiger partial charge in [-0.05, 0) is 109 Å². The van der Waals surface area contributed by atoms with Crippen molar-refractivity contribution in [1.29, 1.82) is 0 Å². The van der Waals surface area contributed by atoms with Gasteiger partial charge in [0.2, 0.25) is 0 Å². The Morgan fingerprint density at radius 3 is 1.24 bits per heavy atom. The quantitative estimate of drug-likeness (QED) is 0.0266. The summed E-state index contributed by atoms with van der Waals surface area (Å²) in [5.41, 5.74) is 5.35. The third-order valence-electron chi connectivity index (χ3n) is 8.72. The van der Waals surface area contributed by atoms with Crippen LogP contribution in [-0.4, -0.2) is 49.3 Å². The Morgan fingerprint density at radius 2 is 0.841 bits per heavy atom. The van der Waals surface area contributed by atoms with Gasteiger partial charge in [0.1, 0.15) is 6.61 Å². The molecular formula is C53H82NO8P. The summed E-state index contributed by atoms with van der Waals surface area (Å²) >= 11 is 0. The number of rotatable bonds is 41. The summed E-state index contributed by atoms with van der Waals surface area (Å²) < 4.78 is 32.7. The smallest absolute Gasteiger partial charge is 0.462 e. The molecule has 0 fully saturated rings. The minimum atomic E-state index is -4.42. The number of esters is 2. The van der Waals surface area contributed by atoms with Gasteiger partial charge in [-0.15, -0.1) is 0 Å². The summed E-state index contributed by atoms with van der Waals surface area (Å²) in [5.74, 6) is -0.953. The number of hydrogen-bond donors (Lipinski definition) is 2. The van der Waals surface area contributed by atoms with Crippen LogP contribution in [0.5, 0.6) is 0 Å². The zero-order valence-electron chi connectivity index (χ0n) is 38.7. The minimum Gasteiger partial charge on any atom is -0.462 e. The molecule has 63 heavy (non-hydrogen) atoms. The number of hydrogen-bond acceptors (Lipinski definition) is 8. The maximum absolute atomic E-state index is 12.6. The molecule has 0 saturated carbocycles. The molecule has 0 heterocycles. The first-order valence-corrected chi connectivity index (χ1v) is 24.8. The van der Waals surface area contributed by atoms with Crippen LogP contribution in [0.3, 0.4) is 0 Å². The average molecular weight is 892 g/mol. The van der Waals surface area contributed by atoms with Crippen LogP contribution in [0.4, 0.5) is 0 Å². The third kappa shape index (κ3) is 47.2. The van der Waals surface area contributed by atoms with Crippen LogP contribution in [0.25, 0.3) is 0 Å². The molecule has 0 saturated heterocycles. The summed E-state index contributed by atoms with van der Waals surface area (Å²) in [6.07, 6.45) is 67.5. The highest BCUT2D eigenvalue weighted by Crippen LogP contribution is 2.43. The number of ether oxygens (including phenoxy) is 2. The molecule has 0 spiro atoms. The molecule has 0 aliphatic rings. The van der Waals surface area contributed by atoms with Crippen LogP contribution in [0.1, 0.15) is 142 Å². The highest BCUT2D eigenvalue weighted by atomic mass is 31.2. The summed E-state index contributed by atoms with van der Waals surface area (Å²) in [7, 11) is -4.42. The van der Waals surface area contributed by atoms with Crippen molar-refractivity contribution >= 4 is 19.8 Å². The van der Waals surface area contributed by atoms with Crippen molar-refractivity contribution in [3.63, 3.8) is 0 Å². The molecular weight excluding hydrogens is 810 g/mol. The molecule has 352 valence electrons. The van der Waals surface area contributed by atoms with Gasteiger partial charge in [-0.2, -0.15) is 0 Å². The number of carbonyl (C=O) groups excluding carboxylic acids is 2. The van der Waals surface area contributed by atoms with E-state index < -0.39 is 32.5 Å². The molecule has 0 aromatic rings. The Hall–Kier alpha value is -4.11. The highest BCUT2D eigenvalue weighted by Gasteiger charge is 2.25. The Kier molecular flexibility index (Phi) is 44.3. The number of phosphoric ester groups is 1. The van der Waals surface area contributed by atoms with E-state index in [-0.39, 0.29) is 32.6 Å². The molecule has 0 aromatic heterocycles. The number of allylic oxidation sites excluding steroid dienone is 24. The van der Waals surface area contributed by atoms with Crippen molar-refractivity contribution in [2.24, 2.45) is 5.73 Å². The molecule has 0 bridgehead atoms. The van der Waals surface area contributed by atoms with Crippen LogP contribution in [0, 0.1) is 0 Å². The zero-order chi connectivity index (χ0) is 46.0. The molecule has 10 heteroatoms. The second-order valence-corrected chi connectivity index (χ2v) is 16.0. The van der Waals surface area contributed by atoms with E-state index in [1.807, 2.05) is 6.08 Å². The van der Waals surface area contributed by atoms with Crippen LogP contribution >= 0.6 is 7.82 Å². The fourth-order valence-corrected chi connectivity index (χ4v) is 6.12. The van der Waals surface area contributed by atoms with Crippen LogP contribution < -0.4 is 5.73 Å². The Bertz CT molecular complexity index is 1530. The molecule has 3 N–H and O–H groups in total. The van der Waals surface area contributed by atoms with E-state index in [0.29, 0.717) is 12.8 Å². The maximum Gasteiger partial charge on any atom is 0.472 e. The molecule has 9 nitrogen and oxygen atoms in total. The predicted octanol–water partition coefficient (Wildman–Crippen LogP) is 14.0. The van der Waals surface area contributed by atoms with Crippen molar-refractivity contribution in [3.05, 3.63) is 146 Å². The van der Waals surface area contributed by atoms with E-state index in [0.717, 1.165) is 103 Å². The van der Waals surface area contributed by atoms with E-state index in [9.17, 15) is 19.0 Å². The lowest BCUT2D eigenvalue weighted by Gasteiger charge is -2.19. The standard InChI is InChI=1S/C53H82NO8P/c1-3-5-7-9-11-13-15-17-19-21-22-23-24-25-26-27-28-30-32-34-36-38-40-42-44-46-53(56)62-51(50-61-63(57,58)60-48-47-54)49-59-52(55)45-43-41-39-37-35-33-31-29-20-18-16-14-12-10-8-6-4-2/h5-8,11-14,17-20,22-23,25-26,28,30-31,33-34,36-37,39,51H,3-4,9-10,15-16,21,24,27,29,32,35,38,40-50,54H2,1-2H3,(H,57,58)/b7-5-,8-6-,13-11-,14-12-,19-17-,20-18-,23-22-,26-25-,30-28-,33-31-,36-34-,39-37-. The topological polar surface area (TPSA) is 134 Å². The second kappa shape index (κ2) is 47.4. The monoisotopic (exact) mass is 892 g/mol. The van der Waals surface area contributed by atoms with E-state index >= 15 is 0 Å². The first kappa shape index (κ1) is 58.9. The molecule has 0 aliphatic heterocycles. The second-order valence-electron chi connectivity index (χ2n) is 14.5. The lowest BCUT2D eigenvalue weighted by atomic mass is 10.1. The highest BCUT2D eigenvalue weighted by molar-refractivity contribution is 7.47. The minimum absolute atomic E-state index is 0.0306. The van der Waals surface area contributed by atoms with Gasteiger partial charge in [-0.3, -0.25) is 18.6 Å². The Balaban J connectivity index is 4.31. The number of phosphoric acid groups is 1. The van der Waals surface area contributed by atoms with Crippen LogP contribution in [0.2, 0.25) is 0 Å². The summed E-state index contributed by atoms with van der Waals surface area (Å²) in [6.45, 7) is 3.36. The van der Waals surface area contributed by atoms with E-state index in [1.54, 1.807) is 0 Å². The molecule has 0 aliphatic carbocycles. The third-order valence-corrected chi connectivity index (χ3v) is 9.70. The molecule has 2 unspecified atom stereocenters. The van der Waals surface area contributed by atoms with Gasteiger partial charge < -0.3 is 20.1 Å². The molecule has 0 rings (SSSR count). The molecule has 2 atom stereocenters. The van der Waals surface area contributed by atoms with Gasteiger partial charge in [0.15, 0.2) is 6.10 Å². The first-order valence-electron chi connectivity index (χ1n) is 23.3. The SMILES string of the molecule is CC/C=C\C/C=C\C/C=C\C/C=C\C/C=C\C/C=C\C/C=C\CCCCCC(=O)OC(COC(=O)CCC/C=C\C/C=C\C/C=C\C/C=C\C/C=C\CC)COP(=O)(O)OCCN. The van der Waals surface area contributed by atoms with Crippen molar-refractivity contribution in [3.8, 4) is 0 Å². The van der Waals surface area contributed by atoms with E-state index in [2.05, 4.69) is 154 Å². The predicted molar refractivity (Wildman–Crippen MR) is 265 cm³/mol. The molecule has 0 amide bonds. The normalized spacial score (nSPS) is 14.5. The van der Waals surface area contributed by atoms with E-state index in [4.69, 9.17) is 24.3 Å². The summed E-state index contributed by atoms with van der Waals surface area (Å²) in [6, 6.07) is 0.